The molecule has 1 rings (SSSR count). The summed E-state index contributed by atoms with van der Waals surface area (Å²) in [6.45, 7) is 0. The van der Waals surface area contributed by atoms with Crippen LogP contribution in [0.1, 0.15) is 18.3 Å². The Hall–Kier alpha value is -1.97. The van der Waals surface area contributed by atoms with E-state index in [1.54, 1.807) is 6.07 Å². The molecule has 0 aromatic heterocycles. The molecular formula is C12H13FN2O3. The molecular weight excluding hydrogens is 239 g/mol. The van der Waals surface area contributed by atoms with Crippen LogP contribution in [0.2, 0.25) is 0 Å². The lowest BCUT2D eigenvalue weighted by Crippen LogP contribution is -2.14. The summed E-state index contributed by atoms with van der Waals surface area (Å²) in [5.41, 5.74) is 0.705. The van der Waals surface area contributed by atoms with E-state index in [9.17, 15) is 9.18 Å². The number of nitrogens with zero attached hydrogens (tertiary/aromatic N) is 1. The van der Waals surface area contributed by atoms with Crippen LogP contribution in [0.5, 0.6) is 0 Å². The van der Waals surface area contributed by atoms with Crippen molar-refractivity contribution in [2.75, 3.05) is 19.5 Å². The van der Waals surface area contributed by atoms with Gasteiger partial charge < -0.3 is 14.8 Å². The van der Waals surface area contributed by atoms with Gasteiger partial charge in [0.2, 0.25) is 5.91 Å². The summed E-state index contributed by atoms with van der Waals surface area (Å²) in [7, 11) is 2.81. The van der Waals surface area contributed by atoms with Crippen molar-refractivity contribution in [2.45, 2.75) is 12.7 Å². The van der Waals surface area contributed by atoms with E-state index in [-0.39, 0.29) is 6.42 Å². The van der Waals surface area contributed by atoms with Crippen molar-refractivity contribution in [1.29, 1.82) is 5.26 Å². The SMILES string of the molecule is COC(OC)c1cc(F)ccc1NC(=O)CC#N. The first-order valence-electron chi connectivity index (χ1n) is 5.14. The molecule has 0 heterocycles. The minimum atomic E-state index is -0.793. The molecule has 0 unspecified atom stereocenters. The monoisotopic (exact) mass is 252 g/mol. The summed E-state index contributed by atoms with van der Waals surface area (Å²) >= 11 is 0. The van der Waals surface area contributed by atoms with Crippen LogP contribution in [0.3, 0.4) is 0 Å². The zero-order chi connectivity index (χ0) is 13.5. The van der Waals surface area contributed by atoms with Gasteiger partial charge in [-0.25, -0.2) is 4.39 Å². The van der Waals surface area contributed by atoms with E-state index in [2.05, 4.69) is 5.32 Å². The van der Waals surface area contributed by atoms with E-state index in [0.29, 0.717) is 11.3 Å². The molecule has 5 nitrogen and oxygen atoms in total. The Labute approximate surface area is 104 Å². The summed E-state index contributed by atoms with van der Waals surface area (Å²) in [6, 6.07) is 5.53. The Morgan fingerprint density at radius 1 is 1.50 bits per heavy atom. The minimum absolute atomic E-state index is 0.276. The van der Waals surface area contributed by atoms with Crippen LogP contribution in [-0.4, -0.2) is 20.1 Å². The maximum Gasteiger partial charge on any atom is 0.238 e. The van der Waals surface area contributed by atoms with E-state index < -0.39 is 18.0 Å². The first-order chi connectivity index (χ1) is 8.62. The molecule has 0 radical (unpaired) electrons. The fourth-order valence-corrected chi connectivity index (χ4v) is 1.46. The number of hydrogen-bond acceptors (Lipinski definition) is 4. The van der Waals surface area contributed by atoms with E-state index >= 15 is 0 Å². The molecule has 0 saturated heterocycles. The predicted octanol–water partition coefficient (Wildman–Crippen LogP) is 1.97. The number of nitriles is 1. The number of halogens is 1. The second-order valence-electron chi connectivity index (χ2n) is 3.42. The van der Waals surface area contributed by atoms with Gasteiger partial charge in [-0.05, 0) is 18.2 Å². The first kappa shape index (κ1) is 14.1. The van der Waals surface area contributed by atoms with E-state index in [1.807, 2.05) is 0 Å². The van der Waals surface area contributed by atoms with Crippen molar-refractivity contribution in [3.05, 3.63) is 29.6 Å². The highest BCUT2D eigenvalue weighted by Crippen LogP contribution is 2.26. The number of amides is 1. The van der Waals surface area contributed by atoms with Gasteiger partial charge in [-0.15, -0.1) is 0 Å². The van der Waals surface area contributed by atoms with Gasteiger partial charge >= 0.3 is 0 Å². The van der Waals surface area contributed by atoms with Crippen molar-refractivity contribution in [3.8, 4) is 6.07 Å². The van der Waals surface area contributed by atoms with Crippen LogP contribution < -0.4 is 5.32 Å². The van der Waals surface area contributed by atoms with Crippen molar-refractivity contribution >= 4 is 11.6 Å². The van der Waals surface area contributed by atoms with Crippen LogP contribution in [0.25, 0.3) is 0 Å². The average Bonchev–Trinajstić information content (AvgIpc) is 2.34. The lowest BCUT2D eigenvalue weighted by atomic mass is 10.1. The number of nitrogens with one attached hydrogen (secondary N) is 1. The van der Waals surface area contributed by atoms with Gasteiger partial charge in [0.25, 0.3) is 0 Å². The zero-order valence-electron chi connectivity index (χ0n) is 10.1. The molecule has 6 heteroatoms. The molecule has 0 bridgehead atoms. The summed E-state index contributed by atoms with van der Waals surface area (Å²) in [4.78, 5) is 11.3. The highest BCUT2D eigenvalue weighted by Gasteiger charge is 2.16. The highest BCUT2D eigenvalue weighted by atomic mass is 19.1. The number of ether oxygens (including phenoxy) is 2. The molecule has 0 aliphatic rings. The summed E-state index contributed by atoms with van der Waals surface area (Å²) in [6.07, 6.45) is -1.07. The van der Waals surface area contributed by atoms with Crippen LogP contribution in [0.4, 0.5) is 10.1 Å². The normalized spacial score (nSPS) is 10.2. The third-order valence-corrected chi connectivity index (χ3v) is 2.21. The molecule has 1 N–H and O–H groups in total. The van der Waals surface area contributed by atoms with Crippen LogP contribution in [0.15, 0.2) is 18.2 Å². The standard InChI is InChI=1S/C12H13FN2O3/c1-17-12(18-2)9-7-8(13)3-4-10(9)15-11(16)5-6-14/h3-4,7,12H,5H2,1-2H3,(H,15,16). The molecule has 1 aromatic carbocycles. The fraction of sp³-hybridized carbons (Fsp3) is 0.333. The van der Waals surface area contributed by atoms with Gasteiger partial charge in [-0.1, -0.05) is 0 Å². The lowest BCUT2D eigenvalue weighted by Gasteiger charge is -2.17. The summed E-state index contributed by atoms with van der Waals surface area (Å²) < 4.78 is 23.2. The Bertz CT molecular complexity index is 467. The van der Waals surface area contributed by atoms with Crippen LogP contribution in [-0.2, 0) is 14.3 Å². The number of rotatable bonds is 5. The molecule has 0 saturated carbocycles. The Morgan fingerprint density at radius 2 is 2.17 bits per heavy atom. The van der Waals surface area contributed by atoms with Crippen molar-refractivity contribution in [3.63, 3.8) is 0 Å². The molecule has 1 aromatic rings. The summed E-state index contributed by atoms with van der Waals surface area (Å²) in [5.74, 6) is -0.946. The molecule has 0 spiro atoms. The molecule has 0 aliphatic carbocycles. The highest BCUT2D eigenvalue weighted by molar-refractivity contribution is 5.92. The number of carbonyl (C=O) groups excluding carboxylic acids is 1. The van der Waals surface area contributed by atoms with Gasteiger partial charge in [0.1, 0.15) is 12.2 Å². The van der Waals surface area contributed by atoms with Crippen molar-refractivity contribution in [1.82, 2.24) is 0 Å². The molecule has 1 amide bonds. The van der Waals surface area contributed by atoms with Crippen molar-refractivity contribution in [2.24, 2.45) is 0 Å². The summed E-state index contributed by atoms with van der Waals surface area (Å²) in [5, 5.41) is 10.9. The van der Waals surface area contributed by atoms with Crippen LogP contribution >= 0.6 is 0 Å². The predicted molar refractivity (Wildman–Crippen MR) is 62.0 cm³/mol. The average molecular weight is 252 g/mol. The second kappa shape index (κ2) is 6.69. The number of methoxy groups -OCH3 is 2. The third kappa shape index (κ3) is 3.52. The number of benzene rings is 1. The molecule has 0 atom stereocenters. The molecule has 18 heavy (non-hydrogen) atoms. The first-order valence-corrected chi connectivity index (χ1v) is 5.14. The van der Waals surface area contributed by atoms with Gasteiger partial charge in [0.15, 0.2) is 6.29 Å². The Morgan fingerprint density at radius 3 is 2.72 bits per heavy atom. The minimum Gasteiger partial charge on any atom is -0.352 e. The maximum absolute atomic E-state index is 13.2. The lowest BCUT2D eigenvalue weighted by molar-refractivity contribution is -0.115. The zero-order valence-corrected chi connectivity index (χ0v) is 10.1. The van der Waals surface area contributed by atoms with Gasteiger partial charge in [0, 0.05) is 25.5 Å². The Balaban J connectivity index is 3.03. The van der Waals surface area contributed by atoms with E-state index in [4.69, 9.17) is 14.7 Å². The fourth-order valence-electron chi connectivity index (χ4n) is 1.46. The van der Waals surface area contributed by atoms with Gasteiger partial charge in [0.05, 0.1) is 6.07 Å². The molecule has 0 fully saturated rings. The van der Waals surface area contributed by atoms with Gasteiger partial charge in [-0.2, -0.15) is 5.26 Å². The van der Waals surface area contributed by atoms with Gasteiger partial charge in [-0.3, -0.25) is 4.79 Å². The topological polar surface area (TPSA) is 71.3 Å². The molecule has 96 valence electrons. The second-order valence-corrected chi connectivity index (χ2v) is 3.42. The largest absolute Gasteiger partial charge is 0.352 e. The quantitative estimate of drug-likeness (QED) is 0.813. The third-order valence-electron chi connectivity index (χ3n) is 2.21. The maximum atomic E-state index is 13.2. The molecule has 0 aliphatic heterocycles. The van der Waals surface area contributed by atoms with E-state index in [0.717, 1.165) is 0 Å². The van der Waals surface area contributed by atoms with Crippen molar-refractivity contribution < 1.29 is 18.7 Å². The smallest absolute Gasteiger partial charge is 0.238 e. The van der Waals surface area contributed by atoms with E-state index in [1.165, 1.54) is 32.4 Å². The Kier molecular flexibility index (Phi) is 5.24. The number of hydrogen-bond donors (Lipinski definition) is 1. The number of carbonyl (C=O) groups is 1. The number of anilines is 1. The van der Waals surface area contributed by atoms with Crippen LogP contribution in [0, 0.1) is 17.1 Å².